The summed E-state index contributed by atoms with van der Waals surface area (Å²) in [5, 5.41) is 50.0. The number of phosphoric acid groups is 1. The maximum absolute atomic E-state index is 13.3. The topological polar surface area (TPSA) is 155 Å². The Kier molecular flexibility index (Phi) is 7.95. The second kappa shape index (κ2) is 10.3. The Balaban J connectivity index is 1.81. The number of benzene rings is 2. The molecule has 0 aromatic heterocycles. The quantitative estimate of drug-likeness (QED) is 0.268. The van der Waals surface area contributed by atoms with Crippen molar-refractivity contribution in [3.8, 4) is 0 Å². The van der Waals surface area contributed by atoms with E-state index in [2.05, 4.69) is 0 Å². The Bertz CT molecular complexity index is 817. The molecule has 31 heavy (non-hydrogen) atoms. The molecular weight excluding hydrogens is 431 g/mol. The van der Waals surface area contributed by atoms with Crippen molar-refractivity contribution in [2.45, 2.75) is 43.6 Å². The molecule has 5 N–H and O–H groups in total. The molecule has 1 saturated heterocycles. The Labute approximate surface area is 178 Å². The van der Waals surface area contributed by atoms with Gasteiger partial charge in [0.25, 0.3) is 0 Å². The van der Waals surface area contributed by atoms with Gasteiger partial charge in [0.1, 0.15) is 18.3 Å². The Morgan fingerprint density at radius 3 is 1.81 bits per heavy atom. The van der Waals surface area contributed by atoms with Gasteiger partial charge in [0.2, 0.25) is 0 Å². The number of aliphatic hydroxyl groups is 5. The molecular formula is C20H25O10P. The van der Waals surface area contributed by atoms with Gasteiger partial charge in [-0.2, -0.15) is 0 Å². The Morgan fingerprint density at radius 2 is 1.35 bits per heavy atom. The van der Waals surface area contributed by atoms with Crippen molar-refractivity contribution in [3.63, 3.8) is 0 Å². The maximum atomic E-state index is 13.3. The summed E-state index contributed by atoms with van der Waals surface area (Å²) in [5.74, 6) is -3.09. The van der Waals surface area contributed by atoms with Crippen molar-refractivity contribution in [1.29, 1.82) is 0 Å². The highest BCUT2D eigenvalue weighted by atomic mass is 31.2. The van der Waals surface area contributed by atoms with E-state index in [1.165, 1.54) is 0 Å². The van der Waals surface area contributed by atoms with E-state index < -0.39 is 44.8 Å². The van der Waals surface area contributed by atoms with Gasteiger partial charge in [-0.05, 0) is 11.1 Å². The molecule has 1 heterocycles. The van der Waals surface area contributed by atoms with Gasteiger partial charge in [0, 0.05) is 0 Å². The van der Waals surface area contributed by atoms with Gasteiger partial charge < -0.3 is 30.3 Å². The lowest BCUT2D eigenvalue weighted by atomic mass is 9.98. The molecule has 1 aliphatic rings. The van der Waals surface area contributed by atoms with E-state index in [9.17, 15) is 30.1 Å². The van der Waals surface area contributed by atoms with E-state index in [1.807, 2.05) is 0 Å². The van der Waals surface area contributed by atoms with Gasteiger partial charge in [-0.3, -0.25) is 9.05 Å². The summed E-state index contributed by atoms with van der Waals surface area (Å²) in [5.41, 5.74) is 1.24. The fourth-order valence-corrected chi connectivity index (χ4v) is 4.17. The fraction of sp³-hybridized carbons (Fsp3) is 0.400. The van der Waals surface area contributed by atoms with Crippen molar-refractivity contribution < 1.29 is 48.4 Å². The first-order chi connectivity index (χ1) is 14.8. The Morgan fingerprint density at radius 1 is 0.871 bits per heavy atom. The van der Waals surface area contributed by atoms with Crippen LogP contribution in [0.4, 0.5) is 0 Å². The lowest BCUT2D eigenvalue weighted by Gasteiger charge is -2.44. The summed E-state index contributed by atoms with van der Waals surface area (Å²) in [4.78, 5) is 0. The summed E-state index contributed by atoms with van der Waals surface area (Å²) in [7, 11) is -4.61. The first-order valence-electron chi connectivity index (χ1n) is 9.49. The van der Waals surface area contributed by atoms with E-state index in [0.717, 1.165) is 0 Å². The number of hydrogen-bond donors (Lipinski definition) is 5. The molecule has 5 atom stereocenters. The van der Waals surface area contributed by atoms with Gasteiger partial charge in [-0.1, -0.05) is 60.7 Å². The fourth-order valence-electron chi connectivity index (χ4n) is 2.91. The third kappa shape index (κ3) is 5.97. The van der Waals surface area contributed by atoms with Crippen LogP contribution >= 0.6 is 7.82 Å². The van der Waals surface area contributed by atoms with Crippen LogP contribution in [0.15, 0.2) is 60.7 Å². The van der Waals surface area contributed by atoms with Crippen LogP contribution in [0.2, 0.25) is 0 Å². The van der Waals surface area contributed by atoms with Crippen LogP contribution in [-0.4, -0.2) is 62.5 Å². The average Bonchev–Trinajstić information content (AvgIpc) is 2.79. The lowest BCUT2D eigenvalue weighted by Crippen LogP contribution is -2.65. The zero-order chi connectivity index (χ0) is 22.5. The minimum Gasteiger partial charge on any atom is -0.394 e. The zero-order valence-corrected chi connectivity index (χ0v) is 17.3. The molecule has 0 bridgehead atoms. The van der Waals surface area contributed by atoms with Crippen molar-refractivity contribution in [2.75, 3.05) is 6.61 Å². The lowest BCUT2D eigenvalue weighted by molar-refractivity contribution is -0.426. The first kappa shape index (κ1) is 24.0. The van der Waals surface area contributed by atoms with E-state index in [-0.39, 0.29) is 13.2 Å². The first-order valence-corrected chi connectivity index (χ1v) is 11.0. The molecule has 0 amide bonds. The smallest absolute Gasteiger partial charge is 0.394 e. The molecule has 3 rings (SSSR count). The second-order valence-electron chi connectivity index (χ2n) is 6.95. The van der Waals surface area contributed by atoms with Crippen molar-refractivity contribution in [1.82, 2.24) is 0 Å². The minimum absolute atomic E-state index is 0.228. The van der Waals surface area contributed by atoms with Gasteiger partial charge >= 0.3 is 13.8 Å². The zero-order valence-electron chi connectivity index (χ0n) is 16.4. The molecule has 2 aromatic rings. The number of rotatable bonds is 9. The largest absolute Gasteiger partial charge is 0.479 e. The van der Waals surface area contributed by atoms with E-state index in [1.54, 1.807) is 60.7 Å². The van der Waals surface area contributed by atoms with Crippen molar-refractivity contribution >= 4 is 7.82 Å². The van der Waals surface area contributed by atoms with Crippen LogP contribution in [0.1, 0.15) is 11.1 Å². The van der Waals surface area contributed by atoms with Crippen molar-refractivity contribution in [3.05, 3.63) is 71.8 Å². The molecule has 2 aromatic carbocycles. The molecule has 10 nitrogen and oxygen atoms in total. The second-order valence-corrected chi connectivity index (χ2v) is 8.55. The normalized spacial score (nSPS) is 29.1. The molecule has 0 aliphatic carbocycles. The molecule has 0 spiro atoms. The predicted molar refractivity (Wildman–Crippen MR) is 106 cm³/mol. The summed E-state index contributed by atoms with van der Waals surface area (Å²) in [6.45, 7) is -1.28. The van der Waals surface area contributed by atoms with E-state index in [0.29, 0.717) is 11.1 Å². The molecule has 11 heteroatoms. The number of phosphoric ester groups is 1. The van der Waals surface area contributed by atoms with Crippen LogP contribution in [0.3, 0.4) is 0 Å². The molecule has 0 radical (unpaired) electrons. The van der Waals surface area contributed by atoms with Crippen molar-refractivity contribution in [2.24, 2.45) is 0 Å². The van der Waals surface area contributed by atoms with Crippen LogP contribution in [0, 0.1) is 0 Å². The molecule has 1 aliphatic heterocycles. The molecule has 0 saturated carbocycles. The minimum atomic E-state index is -4.61. The van der Waals surface area contributed by atoms with Gasteiger partial charge in [0.15, 0.2) is 6.10 Å². The maximum Gasteiger partial charge on any atom is 0.479 e. The summed E-state index contributed by atoms with van der Waals surface area (Å²) in [6.07, 6.45) is -7.45. The number of aliphatic hydroxyl groups excluding tert-OH is 4. The third-order valence-electron chi connectivity index (χ3n) is 4.64. The van der Waals surface area contributed by atoms with Gasteiger partial charge in [-0.25, -0.2) is 9.09 Å². The third-order valence-corrected chi connectivity index (χ3v) is 6.01. The highest BCUT2D eigenvalue weighted by Crippen LogP contribution is 2.55. The molecule has 1 fully saturated rings. The van der Waals surface area contributed by atoms with Crippen LogP contribution in [0.25, 0.3) is 0 Å². The van der Waals surface area contributed by atoms with E-state index >= 15 is 0 Å². The highest BCUT2D eigenvalue weighted by Gasteiger charge is 2.57. The summed E-state index contributed by atoms with van der Waals surface area (Å²) < 4.78 is 34.1. The number of ether oxygens (including phenoxy) is 1. The van der Waals surface area contributed by atoms with Gasteiger partial charge in [0.05, 0.1) is 19.8 Å². The summed E-state index contributed by atoms with van der Waals surface area (Å²) >= 11 is 0. The molecule has 5 unspecified atom stereocenters. The summed E-state index contributed by atoms with van der Waals surface area (Å²) in [6, 6.07) is 17.3. The SMILES string of the molecule is O=P(OCc1ccccc1)(OCc1ccccc1)OC1(O)OC(CO)C(O)C(O)C1O. The van der Waals surface area contributed by atoms with Crippen LogP contribution in [-0.2, 0) is 36.1 Å². The monoisotopic (exact) mass is 456 g/mol. The van der Waals surface area contributed by atoms with Gasteiger partial charge in [-0.15, -0.1) is 0 Å². The highest BCUT2D eigenvalue weighted by molar-refractivity contribution is 7.48. The standard InChI is InChI=1S/C20H25O10P/c21-11-16-17(22)18(23)19(24)20(25,29-16)30-31(26,27-12-14-7-3-1-4-8-14)28-13-15-9-5-2-6-10-15/h1-10,16-19,21-25H,11-13H2. The van der Waals surface area contributed by atoms with Crippen LogP contribution < -0.4 is 0 Å². The predicted octanol–water partition coefficient (Wildman–Crippen LogP) is 0.665. The number of hydrogen-bond acceptors (Lipinski definition) is 10. The van der Waals surface area contributed by atoms with Crippen LogP contribution in [0.5, 0.6) is 0 Å². The van der Waals surface area contributed by atoms with E-state index in [4.69, 9.17) is 18.3 Å². The molecule has 170 valence electrons. The average molecular weight is 456 g/mol. The Hall–Kier alpha value is -1.69.